The summed E-state index contributed by atoms with van der Waals surface area (Å²) in [6, 6.07) is 13.1. The van der Waals surface area contributed by atoms with Crippen molar-refractivity contribution in [2.75, 3.05) is 26.9 Å². The van der Waals surface area contributed by atoms with Gasteiger partial charge in [-0.05, 0) is 36.6 Å². The van der Waals surface area contributed by atoms with E-state index in [0.717, 1.165) is 46.5 Å². The van der Waals surface area contributed by atoms with Crippen LogP contribution >= 0.6 is 24.0 Å². The lowest BCUT2D eigenvalue weighted by atomic mass is 10.1. The number of aromatic nitrogens is 2. The third kappa shape index (κ3) is 6.44. The van der Waals surface area contributed by atoms with Gasteiger partial charge >= 0.3 is 0 Å². The van der Waals surface area contributed by atoms with Crippen LogP contribution in [0.5, 0.6) is 5.75 Å². The minimum absolute atomic E-state index is 0. The number of H-pyrrole nitrogens is 1. The molecule has 0 saturated carbocycles. The largest absolute Gasteiger partial charge is 0.467 e. The molecule has 0 radical (unpaired) electrons. The predicted octanol–water partition coefficient (Wildman–Crippen LogP) is 4.34. The maximum atomic E-state index is 14.0. The summed E-state index contributed by atoms with van der Waals surface area (Å²) in [5, 5.41) is 3.31. The molecule has 0 saturated heterocycles. The number of rotatable bonds is 7. The van der Waals surface area contributed by atoms with E-state index >= 15 is 0 Å². The molecule has 3 aromatic rings. The summed E-state index contributed by atoms with van der Waals surface area (Å²) in [7, 11) is 1.97. The summed E-state index contributed by atoms with van der Waals surface area (Å²) in [5.41, 5.74) is 3.63. The Morgan fingerprint density at radius 3 is 2.88 bits per heavy atom. The monoisotopic (exact) mass is 565 g/mol. The lowest BCUT2D eigenvalue weighted by Crippen LogP contribution is -2.38. The molecule has 0 aliphatic carbocycles. The molecule has 4 rings (SSSR count). The topological polar surface area (TPSA) is 74.8 Å². The van der Waals surface area contributed by atoms with Crippen LogP contribution in [-0.2, 0) is 24.3 Å². The normalized spacial score (nSPS) is 13.0. The number of guanidine groups is 1. The minimum atomic E-state index is -0.284. The molecule has 1 aliphatic heterocycles. The average molecular weight is 565 g/mol. The predicted molar refractivity (Wildman–Crippen MR) is 137 cm³/mol. The lowest BCUT2D eigenvalue weighted by molar-refractivity contribution is -0.0172. The number of ether oxygens (including phenoxy) is 2. The van der Waals surface area contributed by atoms with Crippen molar-refractivity contribution in [3.05, 3.63) is 71.4 Å². The summed E-state index contributed by atoms with van der Waals surface area (Å²) < 4.78 is 24.8. The van der Waals surface area contributed by atoms with Crippen molar-refractivity contribution in [1.82, 2.24) is 20.2 Å². The standard InChI is InChI=1S/C24H28FN5O2.HI/c1-3-26-24(27-10-9-18-11-20(25)12-19-15-31-16-32-23(18)19)30(2)14-22-28-13-21(29-22)17-7-5-4-6-8-17;/h4-8,11-13H,3,9-10,14-16H2,1-2H3,(H,26,27)(H,28,29);1H. The number of aliphatic imine (C=N–C) groups is 1. The van der Waals surface area contributed by atoms with Crippen molar-refractivity contribution in [2.24, 2.45) is 4.99 Å². The van der Waals surface area contributed by atoms with E-state index in [-0.39, 0.29) is 36.6 Å². The van der Waals surface area contributed by atoms with Gasteiger partial charge in [0.25, 0.3) is 0 Å². The van der Waals surface area contributed by atoms with Gasteiger partial charge in [0.1, 0.15) is 17.4 Å². The molecular formula is C24H29FIN5O2. The van der Waals surface area contributed by atoms with Gasteiger partial charge in [-0.1, -0.05) is 30.3 Å². The highest BCUT2D eigenvalue weighted by Gasteiger charge is 2.17. The minimum Gasteiger partial charge on any atom is -0.467 e. The van der Waals surface area contributed by atoms with Gasteiger partial charge in [-0.3, -0.25) is 4.99 Å². The molecular weight excluding hydrogens is 536 g/mol. The zero-order valence-corrected chi connectivity index (χ0v) is 21.1. The number of aromatic amines is 1. The molecule has 2 aromatic carbocycles. The van der Waals surface area contributed by atoms with E-state index in [1.54, 1.807) is 0 Å². The van der Waals surface area contributed by atoms with Crippen LogP contribution in [0.3, 0.4) is 0 Å². The van der Waals surface area contributed by atoms with E-state index in [0.29, 0.717) is 26.1 Å². The first kappa shape index (κ1) is 25.0. The molecule has 176 valence electrons. The molecule has 0 amide bonds. The lowest BCUT2D eigenvalue weighted by Gasteiger charge is -2.22. The highest BCUT2D eigenvalue weighted by atomic mass is 127. The SMILES string of the molecule is CCNC(=NCCc1cc(F)cc2c1OCOC2)N(C)Cc1ncc(-c2ccccc2)[nH]1.I. The number of halogens is 2. The first-order valence-corrected chi connectivity index (χ1v) is 10.7. The van der Waals surface area contributed by atoms with Gasteiger partial charge in [0, 0.05) is 25.7 Å². The van der Waals surface area contributed by atoms with Crippen LogP contribution in [0.15, 0.2) is 53.7 Å². The molecule has 0 atom stereocenters. The Morgan fingerprint density at radius 2 is 2.09 bits per heavy atom. The zero-order valence-electron chi connectivity index (χ0n) is 18.8. The van der Waals surface area contributed by atoms with Gasteiger partial charge in [0.05, 0.1) is 25.0 Å². The van der Waals surface area contributed by atoms with E-state index in [1.807, 2.05) is 55.4 Å². The number of hydrogen-bond acceptors (Lipinski definition) is 4. The van der Waals surface area contributed by atoms with Crippen LogP contribution in [0.4, 0.5) is 4.39 Å². The molecule has 0 spiro atoms. The number of imidazole rings is 1. The fraction of sp³-hybridized carbons (Fsp3) is 0.333. The van der Waals surface area contributed by atoms with E-state index in [1.165, 1.54) is 12.1 Å². The fourth-order valence-corrected chi connectivity index (χ4v) is 3.70. The number of benzene rings is 2. The molecule has 1 aliphatic rings. The second-order valence-corrected chi connectivity index (χ2v) is 7.62. The number of nitrogens with one attached hydrogen (secondary N) is 2. The van der Waals surface area contributed by atoms with Crippen molar-refractivity contribution in [1.29, 1.82) is 0 Å². The maximum absolute atomic E-state index is 14.0. The van der Waals surface area contributed by atoms with Gasteiger partial charge in [0.2, 0.25) is 0 Å². The zero-order chi connectivity index (χ0) is 22.3. The summed E-state index contributed by atoms with van der Waals surface area (Å²) in [4.78, 5) is 14.6. The number of fused-ring (bicyclic) bond motifs is 1. The van der Waals surface area contributed by atoms with Crippen LogP contribution in [0.2, 0.25) is 0 Å². The third-order valence-corrected chi connectivity index (χ3v) is 5.19. The van der Waals surface area contributed by atoms with Crippen LogP contribution in [0.1, 0.15) is 23.9 Å². The molecule has 0 fully saturated rings. The van der Waals surface area contributed by atoms with E-state index in [4.69, 9.17) is 14.5 Å². The second kappa shape index (κ2) is 12.0. The molecule has 0 unspecified atom stereocenters. The Morgan fingerprint density at radius 1 is 1.27 bits per heavy atom. The van der Waals surface area contributed by atoms with Gasteiger partial charge in [0.15, 0.2) is 12.8 Å². The van der Waals surface area contributed by atoms with Gasteiger partial charge in [-0.2, -0.15) is 0 Å². The van der Waals surface area contributed by atoms with Gasteiger partial charge < -0.3 is 24.7 Å². The van der Waals surface area contributed by atoms with Crippen LogP contribution in [-0.4, -0.2) is 47.8 Å². The van der Waals surface area contributed by atoms with E-state index in [2.05, 4.69) is 15.3 Å². The molecule has 2 heterocycles. The van der Waals surface area contributed by atoms with E-state index in [9.17, 15) is 4.39 Å². The van der Waals surface area contributed by atoms with Crippen LogP contribution < -0.4 is 10.1 Å². The quantitative estimate of drug-likeness (QED) is 0.254. The Bertz CT molecular complexity index is 1070. The molecule has 7 nitrogen and oxygen atoms in total. The molecule has 1 aromatic heterocycles. The van der Waals surface area contributed by atoms with E-state index < -0.39 is 0 Å². The Balaban J connectivity index is 0.00000306. The first-order valence-electron chi connectivity index (χ1n) is 10.7. The summed E-state index contributed by atoms with van der Waals surface area (Å²) in [5.74, 6) is 2.05. The second-order valence-electron chi connectivity index (χ2n) is 7.62. The van der Waals surface area contributed by atoms with Gasteiger partial charge in [-0.25, -0.2) is 9.37 Å². The van der Waals surface area contributed by atoms with Crippen molar-refractivity contribution >= 4 is 29.9 Å². The van der Waals surface area contributed by atoms with Crippen LogP contribution in [0.25, 0.3) is 11.3 Å². The number of nitrogens with zero attached hydrogens (tertiary/aromatic N) is 3. The molecule has 9 heteroatoms. The fourth-order valence-electron chi connectivity index (χ4n) is 3.70. The summed E-state index contributed by atoms with van der Waals surface area (Å²) in [6.07, 6.45) is 2.42. The van der Waals surface area contributed by atoms with Crippen molar-refractivity contribution in [3.8, 4) is 17.0 Å². The molecule has 2 N–H and O–H groups in total. The molecule has 33 heavy (non-hydrogen) atoms. The van der Waals surface area contributed by atoms with Crippen LogP contribution in [0, 0.1) is 5.82 Å². The third-order valence-electron chi connectivity index (χ3n) is 5.19. The molecule has 0 bridgehead atoms. The summed E-state index contributed by atoms with van der Waals surface area (Å²) >= 11 is 0. The Kier molecular flexibility index (Phi) is 9.07. The van der Waals surface area contributed by atoms with Crippen molar-refractivity contribution in [3.63, 3.8) is 0 Å². The first-order chi connectivity index (χ1) is 15.6. The maximum Gasteiger partial charge on any atom is 0.194 e. The average Bonchev–Trinajstić information content (AvgIpc) is 3.27. The summed E-state index contributed by atoms with van der Waals surface area (Å²) in [6.45, 7) is 4.40. The van der Waals surface area contributed by atoms with Crippen molar-refractivity contribution < 1.29 is 13.9 Å². The van der Waals surface area contributed by atoms with Crippen molar-refractivity contribution in [2.45, 2.75) is 26.5 Å². The smallest absolute Gasteiger partial charge is 0.194 e. The highest BCUT2D eigenvalue weighted by Crippen LogP contribution is 2.29. The highest BCUT2D eigenvalue weighted by molar-refractivity contribution is 14.0. The number of hydrogen-bond donors (Lipinski definition) is 2. The Hall–Kier alpha value is -2.66. The van der Waals surface area contributed by atoms with Gasteiger partial charge in [-0.15, -0.1) is 24.0 Å². The Labute approximate surface area is 210 Å².